The van der Waals surface area contributed by atoms with Crippen molar-refractivity contribution < 1.29 is 14.3 Å². The van der Waals surface area contributed by atoms with Crippen LogP contribution in [0.3, 0.4) is 0 Å². The van der Waals surface area contributed by atoms with E-state index < -0.39 is 0 Å². The topological polar surface area (TPSA) is 81.5 Å². The first-order valence-electron chi connectivity index (χ1n) is 11.2. The van der Waals surface area contributed by atoms with Gasteiger partial charge in [0, 0.05) is 51.7 Å². The molecule has 8 nitrogen and oxygen atoms in total. The molecule has 2 aliphatic heterocycles. The number of amides is 1. The molecular weight excluding hydrogens is 394 g/mol. The smallest absolute Gasteiger partial charge is 0.223 e. The van der Waals surface area contributed by atoms with Crippen LogP contribution < -0.4 is 10.1 Å². The average molecular weight is 428 g/mol. The lowest BCUT2D eigenvalue weighted by molar-refractivity contribution is -0.128. The third-order valence-electron chi connectivity index (χ3n) is 6.35. The first kappa shape index (κ1) is 21.8. The van der Waals surface area contributed by atoms with E-state index in [0.717, 1.165) is 68.4 Å². The average Bonchev–Trinajstić information content (AvgIpc) is 3.09. The maximum absolute atomic E-state index is 12.6. The molecule has 8 heteroatoms. The Bertz CT molecular complexity index is 907. The van der Waals surface area contributed by atoms with Gasteiger partial charge in [-0.25, -0.2) is 0 Å². The molecule has 0 unspecified atom stereocenters. The highest BCUT2D eigenvalue weighted by molar-refractivity contribution is 5.79. The molecule has 2 aromatic rings. The SMILES string of the molecule is COc1ccc(CN2CCc3nnc([C@@H](C)NC(=O)C4CCOCC4)n3CC2)cc1C. The zero-order valence-electron chi connectivity index (χ0n) is 18.8. The molecule has 1 fully saturated rings. The van der Waals surface area contributed by atoms with Crippen LogP contribution in [-0.2, 0) is 29.0 Å². The standard InChI is InChI=1S/C23H33N5O3/c1-16-14-18(4-5-20(16)30-3)15-27-9-6-21-25-26-22(28(21)11-10-27)17(2)24-23(29)19-7-12-31-13-8-19/h4-5,14,17,19H,6-13,15H2,1-3H3,(H,24,29)/t17-/m1/s1. The van der Waals surface area contributed by atoms with Gasteiger partial charge in [0.2, 0.25) is 5.91 Å². The van der Waals surface area contributed by atoms with Crippen molar-refractivity contribution in [2.75, 3.05) is 33.4 Å². The Hall–Kier alpha value is -2.45. The first-order valence-corrected chi connectivity index (χ1v) is 11.2. The van der Waals surface area contributed by atoms with Crippen LogP contribution in [-0.4, -0.2) is 59.0 Å². The summed E-state index contributed by atoms with van der Waals surface area (Å²) in [5.74, 6) is 2.89. The van der Waals surface area contributed by atoms with Gasteiger partial charge in [-0.05, 0) is 43.9 Å². The molecule has 1 aromatic carbocycles. The highest BCUT2D eigenvalue weighted by atomic mass is 16.5. The number of carbonyl (C=O) groups is 1. The predicted molar refractivity (Wildman–Crippen MR) is 117 cm³/mol. The summed E-state index contributed by atoms with van der Waals surface area (Å²) in [5.41, 5.74) is 2.44. The number of fused-ring (bicyclic) bond motifs is 1. The van der Waals surface area contributed by atoms with Crippen molar-refractivity contribution in [3.63, 3.8) is 0 Å². The molecule has 1 N–H and O–H groups in total. The molecule has 0 radical (unpaired) electrons. The fourth-order valence-electron chi connectivity index (χ4n) is 4.52. The molecule has 3 heterocycles. The molecular formula is C23H33N5O3. The summed E-state index contributed by atoms with van der Waals surface area (Å²) in [4.78, 5) is 15.1. The second kappa shape index (κ2) is 9.78. The number of rotatable bonds is 6. The zero-order chi connectivity index (χ0) is 21.8. The van der Waals surface area contributed by atoms with Gasteiger partial charge in [-0.2, -0.15) is 0 Å². The van der Waals surface area contributed by atoms with E-state index in [2.05, 4.69) is 44.0 Å². The van der Waals surface area contributed by atoms with Gasteiger partial charge < -0.3 is 19.4 Å². The quantitative estimate of drug-likeness (QED) is 0.762. The van der Waals surface area contributed by atoms with Crippen LogP contribution in [0, 0.1) is 12.8 Å². The van der Waals surface area contributed by atoms with Crippen LogP contribution in [0.1, 0.15) is 48.6 Å². The molecule has 0 spiro atoms. The first-order chi connectivity index (χ1) is 15.0. The Labute approximate surface area is 183 Å². The maximum atomic E-state index is 12.6. The summed E-state index contributed by atoms with van der Waals surface area (Å²) in [7, 11) is 1.71. The Morgan fingerprint density at radius 2 is 2.06 bits per heavy atom. The van der Waals surface area contributed by atoms with Gasteiger partial charge in [-0.1, -0.05) is 12.1 Å². The Morgan fingerprint density at radius 3 is 2.81 bits per heavy atom. The van der Waals surface area contributed by atoms with Crippen LogP contribution in [0.4, 0.5) is 0 Å². The van der Waals surface area contributed by atoms with Crippen molar-refractivity contribution in [3.8, 4) is 5.75 Å². The summed E-state index contributed by atoms with van der Waals surface area (Å²) in [6, 6.07) is 6.21. The maximum Gasteiger partial charge on any atom is 0.223 e. The van der Waals surface area contributed by atoms with Gasteiger partial charge in [0.05, 0.1) is 13.2 Å². The summed E-state index contributed by atoms with van der Waals surface area (Å²) in [6.45, 7) is 8.98. The van der Waals surface area contributed by atoms with E-state index in [1.807, 2.05) is 13.0 Å². The Balaban J connectivity index is 1.37. The van der Waals surface area contributed by atoms with Crippen molar-refractivity contribution in [2.24, 2.45) is 5.92 Å². The highest BCUT2D eigenvalue weighted by Crippen LogP contribution is 2.22. The molecule has 31 heavy (non-hydrogen) atoms. The summed E-state index contributed by atoms with van der Waals surface area (Å²) < 4.78 is 12.9. The van der Waals surface area contributed by atoms with Crippen LogP contribution in [0.2, 0.25) is 0 Å². The molecule has 1 atom stereocenters. The van der Waals surface area contributed by atoms with E-state index in [1.54, 1.807) is 7.11 Å². The van der Waals surface area contributed by atoms with E-state index >= 15 is 0 Å². The minimum atomic E-state index is -0.160. The van der Waals surface area contributed by atoms with E-state index in [9.17, 15) is 4.79 Å². The number of hydrogen-bond donors (Lipinski definition) is 1. The lowest BCUT2D eigenvalue weighted by atomic mass is 9.99. The van der Waals surface area contributed by atoms with E-state index in [4.69, 9.17) is 9.47 Å². The van der Waals surface area contributed by atoms with Crippen molar-refractivity contribution in [1.29, 1.82) is 0 Å². The molecule has 0 bridgehead atoms. The number of nitrogens with one attached hydrogen (secondary N) is 1. The molecule has 4 rings (SSSR count). The fourth-order valence-corrected chi connectivity index (χ4v) is 4.52. The van der Waals surface area contributed by atoms with Crippen molar-refractivity contribution in [1.82, 2.24) is 25.0 Å². The minimum absolute atomic E-state index is 0.0335. The predicted octanol–water partition coefficient (Wildman–Crippen LogP) is 2.26. The van der Waals surface area contributed by atoms with Crippen LogP contribution in [0.5, 0.6) is 5.75 Å². The summed E-state index contributed by atoms with van der Waals surface area (Å²) in [6.07, 6.45) is 2.43. The minimum Gasteiger partial charge on any atom is -0.496 e. The van der Waals surface area contributed by atoms with Gasteiger partial charge in [0.1, 0.15) is 11.6 Å². The number of aromatic nitrogens is 3. The molecule has 1 aromatic heterocycles. The molecule has 1 amide bonds. The van der Waals surface area contributed by atoms with Crippen LogP contribution in [0.15, 0.2) is 18.2 Å². The van der Waals surface area contributed by atoms with E-state index in [0.29, 0.717) is 13.2 Å². The second-order valence-corrected chi connectivity index (χ2v) is 8.57. The third kappa shape index (κ3) is 5.07. The fraction of sp³-hybridized carbons (Fsp3) is 0.609. The summed E-state index contributed by atoms with van der Waals surface area (Å²) >= 11 is 0. The lowest BCUT2D eigenvalue weighted by Crippen LogP contribution is -2.36. The second-order valence-electron chi connectivity index (χ2n) is 8.57. The van der Waals surface area contributed by atoms with Crippen molar-refractivity contribution >= 4 is 5.91 Å². The molecule has 0 aliphatic carbocycles. The van der Waals surface area contributed by atoms with E-state index in [1.165, 1.54) is 5.56 Å². The normalized spacial score (nSPS) is 18.8. The number of benzene rings is 1. The van der Waals surface area contributed by atoms with Crippen molar-refractivity contribution in [2.45, 2.75) is 52.2 Å². The molecule has 2 aliphatic rings. The Morgan fingerprint density at radius 1 is 1.26 bits per heavy atom. The van der Waals surface area contributed by atoms with Crippen LogP contribution in [0.25, 0.3) is 0 Å². The monoisotopic (exact) mass is 427 g/mol. The number of methoxy groups -OCH3 is 1. The number of aryl methyl sites for hydroxylation is 1. The molecule has 168 valence electrons. The summed E-state index contributed by atoms with van der Waals surface area (Å²) in [5, 5.41) is 12.0. The molecule has 0 saturated carbocycles. The van der Waals surface area contributed by atoms with Gasteiger partial charge in [0.25, 0.3) is 0 Å². The third-order valence-corrected chi connectivity index (χ3v) is 6.35. The van der Waals surface area contributed by atoms with Crippen molar-refractivity contribution in [3.05, 3.63) is 41.0 Å². The number of carbonyl (C=O) groups excluding carboxylic acids is 1. The zero-order valence-corrected chi connectivity index (χ0v) is 18.8. The van der Waals surface area contributed by atoms with Crippen LogP contribution >= 0.6 is 0 Å². The number of nitrogens with zero attached hydrogens (tertiary/aromatic N) is 4. The van der Waals surface area contributed by atoms with E-state index in [-0.39, 0.29) is 17.9 Å². The van der Waals surface area contributed by atoms with Gasteiger partial charge in [-0.15, -0.1) is 10.2 Å². The number of hydrogen-bond acceptors (Lipinski definition) is 6. The van der Waals surface area contributed by atoms with Gasteiger partial charge in [0.15, 0.2) is 5.82 Å². The van der Waals surface area contributed by atoms with Gasteiger partial charge in [-0.3, -0.25) is 9.69 Å². The lowest BCUT2D eigenvalue weighted by Gasteiger charge is -2.23. The Kier molecular flexibility index (Phi) is 6.87. The largest absolute Gasteiger partial charge is 0.496 e. The van der Waals surface area contributed by atoms with Gasteiger partial charge >= 0.3 is 0 Å². The highest BCUT2D eigenvalue weighted by Gasteiger charge is 2.26. The number of ether oxygens (including phenoxy) is 2. The molecule has 1 saturated heterocycles.